The molecular weight excluding hydrogens is 292 g/mol. The van der Waals surface area contributed by atoms with Gasteiger partial charge in [-0.2, -0.15) is 0 Å². The predicted octanol–water partition coefficient (Wildman–Crippen LogP) is 0.0372. The number of nitrogens with zero attached hydrogens (tertiary/aromatic N) is 2. The van der Waals surface area contributed by atoms with Crippen LogP contribution in [0.5, 0.6) is 0 Å². The third kappa shape index (κ3) is 4.18. The van der Waals surface area contributed by atoms with Crippen LogP contribution in [-0.2, 0) is 17.8 Å². The minimum absolute atomic E-state index is 0.209. The van der Waals surface area contributed by atoms with Gasteiger partial charge in [0.2, 0.25) is 0 Å². The van der Waals surface area contributed by atoms with Crippen molar-refractivity contribution in [2.24, 2.45) is 4.99 Å². The quantitative estimate of drug-likeness (QED) is 0.717. The van der Waals surface area contributed by atoms with Gasteiger partial charge in [0.05, 0.1) is 6.10 Å². The second-order valence-corrected chi connectivity index (χ2v) is 5.86. The van der Waals surface area contributed by atoms with E-state index in [0.29, 0.717) is 18.9 Å². The maximum atomic E-state index is 11.9. The first-order valence-electron chi connectivity index (χ1n) is 7.92. The fourth-order valence-electron chi connectivity index (χ4n) is 2.90. The Bertz CT molecular complexity index is 627. The van der Waals surface area contributed by atoms with E-state index >= 15 is 0 Å². The van der Waals surface area contributed by atoms with E-state index in [1.165, 1.54) is 11.1 Å². The zero-order valence-electron chi connectivity index (χ0n) is 13.0. The smallest absolute Gasteiger partial charge is 0.267 e. The monoisotopic (exact) mass is 314 g/mol. The highest BCUT2D eigenvalue weighted by Gasteiger charge is 2.19. The van der Waals surface area contributed by atoms with Gasteiger partial charge in [0.15, 0.2) is 0 Å². The van der Waals surface area contributed by atoms with Crippen LogP contribution in [0.3, 0.4) is 0 Å². The number of aliphatic hydroxyl groups excluding tert-OH is 1. The van der Waals surface area contributed by atoms with Crippen molar-refractivity contribution >= 4 is 12.1 Å². The SMILES string of the molecule is O=C(NC[C@H](O)CN1CCc2ccccc2C1)C1=CC=NCN1. The molecule has 23 heavy (non-hydrogen) atoms. The minimum Gasteiger partial charge on any atom is -0.390 e. The lowest BCUT2D eigenvalue weighted by Crippen LogP contribution is -2.43. The molecule has 3 N–H and O–H groups in total. The Hall–Kier alpha value is -2.18. The molecule has 0 radical (unpaired) electrons. The number of nitrogens with one attached hydrogen (secondary N) is 2. The molecule has 0 spiro atoms. The van der Waals surface area contributed by atoms with Crippen molar-refractivity contribution in [3.05, 3.63) is 47.2 Å². The molecule has 3 rings (SSSR count). The molecule has 2 aliphatic rings. The van der Waals surface area contributed by atoms with Crippen LogP contribution in [-0.4, -0.2) is 54.5 Å². The molecule has 1 atom stereocenters. The highest BCUT2D eigenvalue weighted by Crippen LogP contribution is 2.18. The molecule has 0 unspecified atom stereocenters. The van der Waals surface area contributed by atoms with Crippen LogP contribution in [0.2, 0.25) is 0 Å². The van der Waals surface area contributed by atoms with Crippen LogP contribution in [0.4, 0.5) is 0 Å². The van der Waals surface area contributed by atoms with Gasteiger partial charge in [0.1, 0.15) is 12.4 Å². The molecule has 0 bridgehead atoms. The third-order valence-electron chi connectivity index (χ3n) is 4.13. The summed E-state index contributed by atoms with van der Waals surface area (Å²) in [7, 11) is 0. The number of amides is 1. The van der Waals surface area contributed by atoms with Crippen LogP contribution in [0.1, 0.15) is 11.1 Å². The summed E-state index contributed by atoms with van der Waals surface area (Å²) in [6.45, 7) is 3.00. The van der Waals surface area contributed by atoms with Crippen LogP contribution >= 0.6 is 0 Å². The maximum absolute atomic E-state index is 11.9. The average Bonchev–Trinajstić information content (AvgIpc) is 2.60. The lowest BCUT2D eigenvalue weighted by Gasteiger charge is -2.30. The Balaban J connectivity index is 1.45. The van der Waals surface area contributed by atoms with Crippen molar-refractivity contribution in [3.63, 3.8) is 0 Å². The number of benzene rings is 1. The van der Waals surface area contributed by atoms with E-state index in [0.717, 1.165) is 19.5 Å². The second kappa shape index (κ2) is 7.39. The van der Waals surface area contributed by atoms with Crippen molar-refractivity contribution in [3.8, 4) is 0 Å². The number of aliphatic imine (C=N–C) groups is 1. The Morgan fingerprint density at radius 1 is 1.39 bits per heavy atom. The molecule has 0 saturated heterocycles. The van der Waals surface area contributed by atoms with E-state index in [1.54, 1.807) is 12.3 Å². The summed E-state index contributed by atoms with van der Waals surface area (Å²) in [5.41, 5.74) is 3.20. The number of allylic oxidation sites excluding steroid dienone is 1. The topological polar surface area (TPSA) is 77.0 Å². The Kier molecular flexibility index (Phi) is 5.05. The second-order valence-electron chi connectivity index (χ2n) is 5.86. The molecule has 1 aromatic carbocycles. The Morgan fingerprint density at radius 3 is 3.00 bits per heavy atom. The number of hydrogen-bond donors (Lipinski definition) is 3. The van der Waals surface area contributed by atoms with Gasteiger partial charge in [-0.25, -0.2) is 0 Å². The molecular formula is C17H22N4O2. The molecule has 1 aromatic rings. The normalized spacial score (nSPS) is 18.6. The lowest BCUT2D eigenvalue weighted by atomic mass is 10.00. The van der Waals surface area contributed by atoms with Crippen molar-refractivity contribution < 1.29 is 9.90 Å². The molecule has 2 aliphatic heterocycles. The molecule has 6 heteroatoms. The summed E-state index contributed by atoms with van der Waals surface area (Å²) in [5, 5.41) is 15.8. The van der Waals surface area contributed by atoms with Crippen molar-refractivity contribution in [2.75, 3.05) is 26.3 Å². The molecule has 1 amide bonds. The molecule has 0 aromatic heterocycles. The fraction of sp³-hybridized carbons (Fsp3) is 0.412. The zero-order chi connectivity index (χ0) is 16.1. The van der Waals surface area contributed by atoms with Gasteiger partial charge < -0.3 is 15.7 Å². The number of carbonyl (C=O) groups is 1. The molecule has 6 nitrogen and oxygen atoms in total. The molecule has 0 aliphatic carbocycles. The van der Waals surface area contributed by atoms with Gasteiger partial charge in [0.25, 0.3) is 5.91 Å². The first-order valence-corrected chi connectivity index (χ1v) is 7.92. The molecule has 0 saturated carbocycles. The van der Waals surface area contributed by atoms with E-state index in [-0.39, 0.29) is 12.5 Å². The van der Waals surface area contributed by atoms with Gasteiger partial charge in [0, 0.05) is 32.4 Å². The summed E-state index contributed by atoms with van der Waals surface area (Å²) in [6.07, 6.45) is 3.66. The van der Waals surface area contributed by atoms with Gasteiger partial charge >= 0.3 is 0 Å². The van der Waals surface area contributed by atoms with Crippen LogP contribution in [0, 0.1) is 0 Å². The minimum atomic E-state index is -0.581. The van der Waals surface area contributed by atoms with Gasteiger partial charge in [-0.3, -0.25) is 14.7 Å². The largest absolute Gasteiger partial charge is 0.390 e. The standard InChI is InChI=1S/C17H22N4O2/c22-15(9-19-17(23)16-5-7-18-12-20-16)11-21-8-6-13-3-1-2-4-14(13)10-21/h1-5,7,15,20,22H,6,8-12H2,(H,19,23)/t15-/m0/s1. The van der Waals surface area contributed by atoms with E-state index in [2.05, 4.69) is 38.7 Å². The molecule has 2 heterocycles. The van der Waals surface area contributed by atoms with E-state index in [9.17, 15) is 9.90 Å². The highest BCUT2D eigenvalue weighted by atomic mass is 16.3. The summed E-state index contributed by atoms with van der Waals surface area (Å²) < 4.78 is 0. The van der Waals surface area contributed by atoms with Crippen LogP contribution in [0.25, 0.3) is 0 Å². The lowest BCUT2D eigenvalue weighted by molar-refractivity contribution is -0.118. The third-order valence-corrected chi connectivity index (χ3v) is 4.13. The number of carbonyl (C=O) groups excluding carboxylic acids is 1. The summed E-state index contributed by atoms with van der Waals surface area (Å²) in [5.74, 6) is -0.209. The number of β-amino-alcohol motifs (C(OH)–C–C–N with tert-alkyl or cyclic N) is 1. The van der Waals surface area contributed by atoms with Crippen molar-refractivity contribution in [1.82, 2.24) is 15.5 Å². The highest BCUT2D eigenvalue weighted by molar-refractivity contribution is 5.97. The van der Waals surface area contributed by atoms with Crippen LogP contribution in [0.15, 0.2) is 41.0 Å². The molecule has 122 valence electrons. The Labute approximate surface area is 135 Å². The number of aliphatic hydroxyl groups is 1. The van der Waals surface area contributed by atoms with Crippen molar-refractivity contribution in [1.29, 1.82) is 0 Å². The summed E-state index contributed by atoms with van der Waals surface area (Å²) in [6, 6.07) is 8.42. The zero-order valence-corrected chi connectivity index (χ0v) is 13.0. The predicted molar refractivity (Wildman–Crippen MR) is 89.0 cm³/mol. The van der Waals surface area contributed by atoms with Gasteiger partial charge in [-0.1, -0.05) is 24.3 Å². The van der Waals surface area contributed by atoms with Gasteiger partial charge in [-0.15, -0.1) is 0 Å². The van der Waals surface area contributed by atoms with Crippen LogP contribution < -0.4 is 10.6 Å². The Morgan fingerprint density at radius 2 is 2.22 bits per heavy atom. The maximum Gasteiger partial charge on any atom is 0.267 e. The molecule has 0 fully saturated rings. The first-order chi connectivity index (χ1) is 11.2. The fourth-order valence-corrected chi connectivity index (χ4v) is 2.90. The summed E-state index contributed by atoms with van der Waals surface area (Å²) in [4.78, 5) is 18.1. The van der Waals surface area contributed by atoms with E-state index in [4.69, 9.17) is 0 Å². The number of hydrogen-bond acceptors (Lipinski definition) is 5. The van der Waals surface area contributed by atoms with Gasteiger partial charge in [-0.05, 0) is 23.6 Å². The average molecular weight is 314 g/mol. The first kappa shape index (κ1) is 15.7. The summed E-state index contributed by atoms with van der Waals surface area (Å²) >= 11 is 0. The van der Waals surface area contributed by atoms with E-state index < -0.39 is 6.10 Å². The van der Waals surface area contributed by atoms with Crippen molar-refractivity contribution in [2.45, 2.75) is 19.1 Å². The number of fused-ring (bicyclic) bond motifs is 1. The number of rotatable bonds is 5. The van der Waals surface area contributed by atoms with E-state index in [1.807, 2.05) is 6.07 Å².